The first-order valence-corrected chi connectivity index (χ1v) is 4.06. The molecule has 0 amide bonds. The van der Waals surface area contributed by atoms with E-state index < -0.39 is 0 Å². The molecular weight excluding hydrogens is 152 g/mol. The van der Waals surface area contributed by atoms with Crippen LogP contribution in [0.5, 0.6) is 5.75 Å². The molecule has 0 saturated heterocycles. The van der Waals surface area contributed by atoms with Gasteiger partial charge in [-0.25, -0.2) is 0 Å². The zero-order valence-electron chi connectivity index (χ0n) is 6.96. The molecule has 1 aliphatic carbocycles. The third-order valence-corrected chi connectivity index (χ3v) is 2.13. The van der Waals surface area contributed by atoms with Gasteiger partial charge in [-0.15, -0.1) is 0 Å². The summed E-state index contributed by atoms with van der Waals surface area (Å²) < 4.78 is 5.04. The van der Waals surface area contributed by atoms with Gasteiger partial charge in [0, 0.05) is 6.92 Å². The molecule has 12 heavy (non-hydrogen) atoms. The lowest BCUT2D eigenvalue weighted by atomic mass is 9.88. The molecule has 0 aromatic heterocycles. The van der Waals surface area contributed by atoms with Gasteiger partial charge in [0.15, 0.2) is 0 Å². The van der Waals surface area contributed by atoms with E-state index in [4.69, 9.17) is 4.74 Å². The number of fused-ring (bicyclic) bond motifs is 1. The van der Waals surface area contributed by atoms with E-state index in [2.05, 4.69) is 6.07 Å². The molecule has 0 aliphatic heterocycles. The van der Waals surface area contributed by atoms with Gasteiger partial charge in [0.2, 0.25) is 0 Å². The maximum Gasteiger partial charge on any atom is 0.308 e. The van der Waals surface area contributed by atoms with Crippen molar-refractivity contribution in [3.05, 3.63) is 29.3 Å². The molecule has 2 rings (SSSR count). The molecule has 0 atom stereocenters. The van der Waals surface area contributed by atoms with Crippen molar-refractivity contribution in [2.75, 3.05) is 0 Å². The van der Waals surface area contributed by atoms with Crippen LogP contribution in [0.25, 0.3) is 0 Å². The lowest BCUT2D eigenvalue weighted by Gasteiger charge is -2.20. The number of hydrogen-bond donors (Lipinski definition) is 0. The fourth-order valence-corrected chi connectivity index (χ4v) is 1.46. The summed E-state index contributed by atoms with van der Waals surface area (Å²) in [6.07, 6.45) is 2.16. The highest BCUT2D eigenvalue weighted by Crippen LogP contribution is 2.31. The van der Waals surface area contributed by atoms with Crippen molar-refractivity contribution >= 4 is 5.97 Å². The highest BCUT2D eigenvalue weighted by atomic mass is 16.5. The molecule has 0 bridgehead atoms. The van der Waals surface area contributed by atoms with Crippen LogP contribution < -0.4 is 4.74 Å². The van der Waals surface area contributed by atoms with Crippen LogP contribution in [0, 0.1) is 0 Å². The molecule has 0 unspecified atom stereocenters. The van der Waals surface area contributed by atoms with Gasteiger partial charge in [-0.1, -0.05) is 12.1 Å². The van der Waals surface area contributed by atoms with Crippen molar-refractivity contribution in [3.63, 3.8) is 0 Å². The molecule has 2 nitrogen and oxygen atoms in total. The average molecular weight is 162 g/mol. The van der Waals surface area contributed by atoms with Crippen molar-refractivity contribution < 1.29 is 9.53 Å². The van der Waals surface area contributed by atoms with Crippen LogP contribution in [-0.4, -0.2) is 5.97 Å². The molecular formula is C10H10O2. The zero-order valence-corrected chi connectivity index (χ0v) is 6.96. The zero-order chi connectivity index (χ0) is 8.55. The fraction of sp³-hybridized carbons (Fsp3) is 0.300. The molecule has 0 spiro atoms. The third-order valence-electron chi connectivity index (χ3n) is 2.13. The Bertz CT molecular complexity index is 329. The summed E-state index contributed by atoms with van der Waals surface area (Å²) in [5.74, 6) is 0.501. The SMILES string of the molecule is CC(=O)Oc1cccc2c1CC2. The molecule has 0 saturated carbocycles. The molecule has 2 heteroatoms. The molecule has 1 aromatic carbocycles. The highest BCUT2D eigenvalue weighted by Gasteiger charge is 2.17. The van der Waals surface area contributed by atoms with E-state index in [9.17, 15) is 4.79 Å². The molecule has 62 valence electrons. The summed E-state index contributed by atoms with van der Waals surface area (Å²) in [6.45, 7) is 1.43. The molecule has 0 radical (unpaired) electrons. The molecule has 1 aromatic rings. The van der Waals surface area contributed by atoms with Crippen LogP contribution in [-0.2, 0) is 17.6 Å². The Hall–Kier alpha value is -1.31. The van der Waals surface area contributed by atoms with E-state index >= 15 is 0 Å². The lowest BCUT2D eigenvalue weighted by molar-refractivity contribution is -0.131. The van der Waals surface area contributed by atoms with Crippen LogP contribution in [0.1, 0.15) is 18.1 Å². The van der Waals surface area contributed by atoms with Crippen LogP contribution in [0.3, 0.4) is 0 Å². The van der Waals surface area contributed by atoms with Gasteiger partial charge in [0.05, 0.1) is 0 Å². The highest BCUT2D eigenvalue weighted by molar-refractivity contribution is 5.70. The summed E-state index contributed by atoms with van der Waals surface area (Å²) in [5, 5.41) is 0. The summed E-state index contributed by atoms with van der Waals surface area (Å²) in [4.78, 5) is 10.7. The predicted molar refractivity (Wildman–Crippen MR) is 45.2 cm³/mol. The van der Waals surface area contributed by atoms with Gasteiger partial charge in [0.1, 0.15) is 5.75 Å². The number of aryl methyl sites for hydroxylation is 1. The minimum Gasteiger partial charge on any atom is -0.426 e. The first-order valence-electron chi connectivity index (χ1n) is 4.06. The Morgan fingerprint density at radius 1 is 1.42 bits per heavy atom. The Balaban J connectivity index is 2.32. The number of esters is 1. The molecule has 1 aliphatic rings. The van der Waals surface area contributed by atoms with Gasteiger partial charge in [-0.3, -0.25) is 4.79 Å². The fourth-order valence-electron chi connectivity index (χ4n) is 1.46. The summed E-state index contributed by atoms with van der Waals surface area (Å²) in [5.41, 5.74) is 2.52. The van der Waals surface area contributed by atoms with Gasteiger partial charge in [-0.2, -0.15) is 0 Å². The minimum atomic E-state index is -0.240. The monoisotopic (exact) mass is 162 g/mol. The Morgan fingerprint density at radius 3 is 2.83 bits per heavy atom. The maximum absolute atomic E-state index is 10.7. The van der Waals surface area contributed by atoms with Gasteiger partial charge < -0.3 is 4.74 Å². The lowest BCUT2D eigenvalue weighted by Crippen LogP contribution is -2.12. The Kier molecular flexibility index (Phi) is 1.61. The van der Waals surface area contributed by atoms with E-state index in [1.54, 1.807) is 0 Å². The van der Waals surface area contributed by atoms with Crippen LogP contribution in [0.15, 0.2) is 18.2 Å². The number of hydrogen-bond acceptors (Lipinski definition) is 2. The first kappa shape index (κ1) is 7.35. The smallest absolute Gasteiger partial charge is 0.308 e. The number of carbonyl (C=O) groups is 1. The van der Waals surface area contributed by atoms with E-state index in [1.165, 1.54) is 18.1 Å². The quantitative estimate of drug-likeness (QED) is 0.464. The second kappa shape index (κ2) is 2.63. The van der Waals surface area contributed by atoms with E-state index in [0.717, 1.165) is 18.6 Å². The number of rotatable bonds is 1. The number of carbonyl (C=O) groups excluding carboxylic acids is 1. The molecule has 0 fully saturated rings. The largest absolute Gasteiger partial charge is 0.426 e. The number of benzene rings is 1. The van der Waals surface area contributed by atoms with Crippen molar-refractivity contribution in [1.29, 1.82) is 0 Å². The van der Waals surface area contributed by atoms with E-state index in [0.29, 0.717) is 0 Å². The first-order chi connectivity index (χ1) is 5.77. The predicted octanol–water partition coefficient (Wildman–Crippen LogP) is 1.71. The normalized spacial score (nSPS) is 13.1. The van der Waals surface area contributed by atoms with Crippen molar-refractivity contribution in [2.45, 2.75) is 19.8 Å². The van der Waals surface area contributed by atoms with E-state index in [-0.39, 0.29) is 5.97 Å². The minimum absolute atomic E-state index is 0.240. The van der Waals surface area contributed by atoms with Gasteiger partial charge >= 0.3 is 5.97 Å². The van der Waals surface area contributed by atoms with E-state index in [1.807, 2.05) is 12.1 Å². The Morgan fingerprint density at radius 2 is 2.25 bits per heavy atom. The van der Waals surface area contributed by atoms with Gasteiger partial charge in [-0.05, 0) is 30.0 Å². The second-order valence-electron chi connectivity index (χ2n) is 2.99. The molecule has 0 heterocycles. The van der Waals surface area contributed by atoms with Crippen LogP contribution >= 0.6 is 0 Å². The molecule has 0 N–H and O–H groups in total. The summed E-state index contributed by atoms with van der Waals surface area (Å²) in [6, 6.07) is 5.85. The topological polar surface area (TPSA) is 26.3 Å². The summed E-state index contributed by atoms with van der Waals surface area (Å²) >= 11 is 0. The van der Waals surface area contributed by atoms with Gasteiger partial charge in [0.25, 0.3) is 0 Å². The van der Waals surface area contributed by atoms with Crippen LogP contribution in [0.4, 0.5) is 0 Å². The van der Waals surface area contributed by atoms with Crippen LogP contribution in [0.2, 0.25) is 0 Å². The average Bonchev–Trinajstić information content (AvgIpc) is 1.91. The third kappa shape index (κ3) is 1.09. The number of ether oxygens (including phenoxy) is 1. The maximum atomic E-state index is 10.7. The van der Waals surface area contributed by atoms with Crippen molar-refractivity contribution in [1.82, 2.24) is 0 Å². The van der Waals surface area contributed by atoms with Crippen molar-refractivity contribution in [3.8, 4) is 5.75 Å². The Labute approximate surface area is 71.2 Å². The standard InChI is InChI=1S/C10H10O2/c1-7(11)12-10-4-2-3-8-5-6-9(8)10/h2-4H,5-6H2,1H3. The summed E-state index contributed by atoms with van der Waals surface area (Å²) in [7, 11) is 0. The van der Waals surface area contributed by atoms with Crippen molar-refractivity contribution in [2.24, 2.45) is 0 Å². The second-order valence-corrected chi connectivity index (χ2v) is 2.99.